The number of hydrogen-bond donors (Lipinski definition) is 0. The number of fused-ring (bicyclic) bond motifs is 1. The molecule has 0 spiro atoms. The van der Waals surface area contributed by atoms with Gasteiger partial charge in [0.15, 0.2) is 9.84 Å². The number of sulfone groups is 1. The lowest BCUT2D eigenvalue weighted by Gasteiger charge is -2.44. The van der Waals surface area contributed by atoms with Gasteiger partial charge in [-0.05, 0) is 24.9 Å². The predicted octanol–water partition coefficient (Wildman–Crippen LogP) is 1.58. The van der Waals surface area contributed by atoms with Crippen LogP contribution in [-0.2, 0) is 21.1 Å². The van der Waals surface area contributed by atoms with Crippen molar-refractivity contribution in [1.82, 2.24) is 9.80 Å². The van der Waals surface area contributed by atoms with Crippen LogP contribution >= 0.6 is 0 Å². The first-order valence-electron chi connectivity index (χ1n) is 9.16. The van der Waals surface area contributed by atoms with Crippen LogP contribution in [0.1, 0.15) is 25.8 Å². The highest BCUT2D eigenvalue weighted by Crippen LogP contribution is 2.28. The van der Waals surface area contributed by atoms with Gasteiger partial charge in [0, 0.05) is 25.0 Å². The molecule has 25 heavy (non-hydrogen) atoms. The molecule has 2 aliphatic heterocycles. The molecule has 0 aromatic heterocycles. The van der Waals surface area contributed by atoms with Crippen molar-refractivity contribution in [3.63, 3.8) is 0 Å². The van der Waals surface area contributed by atoms with Crippen LogP contribution in [0.2, 0.25) is 0 Å². The maximum Gasteiger partial charge on any atom is 0.225 e. The van der Waals surface area contributed by atoms with Gasteiger partial charge in [0.2, 0.25) is 5.91 Å². The lowest BCUT2D eigenvalue weighted by Crippen LogP contribution is -2.61. The van der Waals surface area contributed by atoms with E-state index in [1.165, 1.54) is 5.56 Å². The van der Waals surface area contributed by atoms with Crippen molar-refractivity contribution in [2.24, 2.45) is 5.92 Å². The van der Waals surface area contributed by atoms with E-state index in [1.807, 2.05) is 36.9 Å². The Morgan fingerprint density at radius 3 is 2.48 bits per heavy atom. The van der Waals surface area contributed by atoms with E-state index in [-0.39, 0.29) is 35.4 Å². The summed E-state index contributed by atoms with van der Waals surface area (Å²) in [7, 11) is -3.07. The highest BCUT2D eigenvalue weighted by atomic mass is 32.2. The zero-order chi connectivity index (χ0) is 18.0. The largest absolute Gasteiger partial charge is 0.336 e. The fourth-order valence-electron chi connectivity index (χ4n) is 4.04. The summed E-state index contributed by atoms with van der Waals surface area (Å²) >= 11 is 0. The number of hydrogen-bond acceptors (Lipinski definition) is 4. The zero-order valence-corrected chi connectivity index (χ0v) is 15.9. The fraction of sp³-hybridized carbons (Fsp3) is 0.632. The van der Waals surface area contributed by atoms with Crippen molar-refractivity contribution < 1.29 is 13.2 Å². The van der Waals surface area contributed by atoms with Crippen LogP contribution in [0.25, 0.3) is 0 Å². The van der Waals surface area contributed by atoms with Gasteiger partial charge in [0.05, 0.1) is 17.5 Å². The van der Waals surface area contributed by atoms with E-state index in [9.17, 15) is 13.2 Å². The standard InChI is InChI=1S/C19H28N2O3S/c1-15(2)19(22)21-12-11-20(17-13-25(23,24)14-18(17)21)10-6-9-16-7-4-3-5-8-16/h3-5,7-8,15,17-18H,6,9-14H2,1-2H3/t17-,18+/m0/s1. The molecule has 2 heterocycles. The van der Waals surface area contributed by atoms with Crippen LogP contribution in [0, 0.1) is 5.92 Å². The molecule has 0 saturated carbocycles. The summed E-state index contributed by atoms with van der Waals surface area (Å²) in [6.45, 7) is 6.05. The van der Waals surface area contributed by atoms with E-state index in [2.05, 4.69) is 17.0 Å². The van der Waals surface area contributed by atoms with Gasteiger partial charge in [-0.2, -0.15) is 0 Å². The summed E-state index contributed by atoms with van der Waals surface area (Å²) in [5, 5.41) is 0. The third-order valence-corrected chi connectivity index (χ3v) is 7.02. The minimum Gasteiger partial charge on any atom is -0.336 e. The molecule has 0 aliphatic carbocycles. The van der Waals surface area contributed by atoms with Gasteiger partial charge in [-0.3, -0.25) is 9.69 Å². The van der Waals surface area contributed by atoms with Gasteiger partial charge in [-0.25, -0.2) is 8.42 Å². The van der Waals surface area contributed by atoms with Crippen LogP contribution in [0.15, 0.2) is 30.3 Å². The summed E-state index contributed by atoms with van der Waals surface area (Å²) in [5.74, 6) is 0.292. The van der Waals surface area contributed by atoms with Gasteiger partial charge in [-0.1, -0.05) is 44.2 Å². The molecule has 1 aromatic rings. The van der Waals surface area contributed by atoms with E-state index < -0.39 is 9.84 Å². The van der Waals surface area contributed by atoms with Crippen LogP contribution in [0.4, 0.5) is 0 Å². The molecule has 138 valence electrons. The minimum absolute atomic E-state index is 0.0442. The van der Waals surface area contributed by atoms with E-state index in [1.54, 1.807) is 0 Å². The number of benzene rings is 1. The zero-order valence-electron chi connectivity index (χ0n) is 15.1. The number of amides is 1. The molecule has 1 aromatic carbocycles. The molecule has 0 bridgehead atoms. The Hall–Kier alpha value is -1.40. The Morgan fingerprint density at radius 2 is 1.80 bits per heavy atom. The Morgan fingerprint density at radius 1 is 1.12 bits per heavy atom. The maximum absolute atomic E-state index is 12.5. The SMILES string of the molecule is CC(C)C(=O)N1CCN(CCCc2ccccc2)[C@H]2CS(=O)(=O)C[C@H]21. The number of piperazine rings is 1. The fourth-order valence-corrected chi connectivity index (χ4v) is 6.05. The molecule has 3 rings (SSSR count). The van der Waals surface area contributed by atoms with Gasteiger partial charge in [0.1, 0.15) is 0 Å². The number of aryl methyl sites for hydroxylation is 1. The van der Waals surface area contributed by atoms with Crippen molar-refractivity contribution in [2.45, 2.75) is 38.8 Å². The Balaban J connectivity index is 1.65. The third-order valence-electron chi connectivity index (χ3n) is 5.32. The molecular weight excluding hydrogens is 336 g/mol. The maximum atomic E-state index is 12.5. The molecule has 0 radical (unpaired) electrons. The van der Waals surface area contributed by atoms with Crippen LogP contribution < -0.4 is 0 Å². The second-order valence-corrected chi connectivity index (χ2v) is 9.68. The van der Waals surface area contributed by atoms with Gasteiger partial charge in [-0.15, -0.1) is 0 Å². The Kier molecular flexibility index (Phi) is 5.49. The molecule has 2 saturated heterocycles. The summed E-state index contributed by atoms with van der Waals surface area (Å²) in [4.78, 5) is 16.6. The smallest absolute Gasteiger partial charge is 0.225 e. The highest BCUT2D eigenvalue weighted by Gasteiger charge is 2.47. The lowest BCUT2D eigenvalue weighted by atomic mass is 10.0. The average Bonchev–Trinajstić information content (AvgIpc) is 2.90. The van der Waals surface area contributed by atoms with Crippen LogP contribution in [0.5, 0.6) is 0 Å². The number of rotatable bonds is 5. The van der Waals surface area contributed by atoms with Crippen molar-refractivity contribution >= 4 is 15.7 Å². The number of carbonyl (C=O) groups is 1. The van der Waals surface area contributed by atoms with Gasteiger partial charge >= 0.3 is 0 Å². The first kappa shape index (κ1) is 18.4. The number of carbonyl (C=O) groups excluding carboxylic acids is 1. The Bertz CT molecular complexity index is 703. The van der Waals surface area contributed by atoms with Crippen LogP contribution in [0.3, 0.4) is 0 Å². The molecule has 0 unspecified atom stereocenters. The summed E-state index contributed by atoms with van der Waals surface area (Å²) in [6, 6.07) is 10.1. The molecular formula is C19H28N2O3S. The number of nitrogens with zero attached hydrogens (tertiary/aromatic N) is 2. The first-order valence-corrected chi connectivity index (χ1v) is 11.0. The van der Waals surface area contributed by atoms with E-state index in [0.29, 0.717) is 6.54 Å². The molecule has 5 nitrogen and oxygen atoms in total. The molecule has 6 heteroatoms. The van der Waals surface area contributed by atoms with Crippen molar-refractivity contribution in [3.05, 3.63) is 35.9 Å². The average molecular weight is 365 g/mol. The summed E-state index contributed by atoms with van der Waals surface area (Å²) in [6.07, 6.45) is 2.00. The Labute approximate surface area is 150 Å². The van der Waals surface area contributed by atoms with E-state index in [0.717, 1.165) is 25.9 Å². The first-order chi connectivity index (χ1) is 11.9. The molecule has 1 amide bonds. The lowest BCUT2D eigenvalue weighted by molar-refractivity contribution is -0.140. The second kappa shape index (κ2) is 7.46. The van der Waals surface area contributed by atoms with Crippen LogP contribution in [-0.4, -0.2) is 67.3 Å². The molecule has 2 aliphatic rings. The quantitative estimate of drug-likeness (QED) is 0.796. The van der Waals surface area contributed by atoms with Crippen molar-refractivity contribution in [1.29, 1.82) is 0 Å². The van der Waals surface area contributed by atoms with Gasteiger partial charge in [0.25, 0.3) is 0 Å². The van der Waals surface area contributed by atoms with Gasteiger partial charge < -0.3 is 4.90 Å². The van der Waals surface area contributed by atoms with Crippen molar-refractivity contribution in [2.75, 3.05) is 31.1 Å². The predicted molar refractivity (Wildman–Crippen MR) is 99.1 cm³/mol. The topological polar surface area (TPSA) is 57.7 Å². The normalized spacial score (nSPS) is 26.0. The molecule has 0 N–H and O–H groups in total. The third kappa shape index (κ3) is 4.23. The van der Waals surface area contributed by atoms with E-state index in [4.69, 9.17) is 0 Å². The summed E-state index contributed by atoms with van der Waals surface area (Å²) in [5.41, 5.74) is 1.31. The molecule has 2 atom stereocenters. The van der Waals surface area contributed by atoms with E-state index >= 15 is 0 Å². The highest BCUT2D eigenvalue weighted by molar-refractivity contribution is 7.91. The summed E-state index contributed by atoms with van der Waals surface area (Å²) < 4.78 is 24.4. The monoisotopic (exact) mass is 364 g/mol. The molecule has 2 fully saturated rings. The van der Waals surface area contributed by atoms with Crippen molar-refractivity contribution in [3.8, 4) is 0 Å². The minimum atomic E-state index is -3.07. The second-order valence-electron chi connectivity index (χ2n) is 7.52.